The van der Waals surface area contributed by atoms with E-state index in [2.05, 4.69) is 5.32 Å². The van der Waals surface area contributed by atoms with Gasteiger partial charge in [-0.1, -0.05) is 11.6 Å². The number of methoxy groups -OCH3 is 1. The van der Waals surface area contributed by atoms with Crippen LogP contribution in [0.4, 0.5) is 10.5 Å². The number of ether oxygens (including phenoxy) is 3. The number of rotatable bonds is 5. The Morgan fingerprint density at radius 1 is 1.29 bits per heavy atom. The lowest BCUT2D eigenvalue weighted by Crippen LogP contribution is -2.44. The maximum atomic E-state index is 12.3. The van der Waals surface area contributed by atoms with E-state index in [1.54, 1.807) is 32.9 Å². The van der Waals surface area contributed by atoms with E-state index in [0.29, 0.717) is 35.8 Å². The molecular weight excluding hydrogens is 388 g/mol. The summed E-state index contributed by atoms with van der Waals surface area (Å²) in [6.45, 7) is 5.20. The number of benzene rings is 1. The molecule has 1 N–H and O–H groups in total. The normalized spacial score (nSPS) is 16.5. The van der Waals surface area contributed by atoms with Crippen LogP contribution < -0.4 is 10.1 Å². The van der Waals surface area contributed by atoms with Gasteiger partial charge in [-0.05, 0) is 51.8 Å². The number of carbonyl (C=O) groups excluding carboxylic acids is 3. The predicted octanol–water partition coefficient (Wildman–Crippen LogP) is 3.23. The first kappa shape index (κ1) is 21.8. The van der Waals surface area contributed by atoms with Crippen LogP contribution in [0.5, 0.6) is 5.75 Å². The molecule has 1 saturated heterocycles. The van der Waals surface area contributed by atoms with Crippen molar-refractivity contribution in [3.05, 3.63) is 23.2 Å². The summed E-state index contributed by atoms with van der Waals surface area (Å²) in [7, 11) is 1.49. The zero-order valence-electron chi connectivity index (χ0n) is 16.4. The summed E-state index contributed by atoms with van der Waals surface area (Å²) >= 11 is 6.01. The monoisotopic (exact) mass is 412 g/mol. The summed E-state index contributed by atoms with van der Waals surface area (Å²) in [5.41, 5.74) is -0.212. The summed E-state index contributed by atoms with van der Waals surface area (Å²) in [5.74, 6) is -0.669. The minimum Gasteiger partial charge on any atom is -0.495 e. The maximum Gasteiger partial charge on any atom is 0.411 e. The van der Waals surface area contributed by atoms with Crippen LogP contribution in [0.3, 0.4) is 0 Å². The Kier molecular flexibility index (Phi) is 7.12. The van der Waals surface area contributed by atoms with Crippen molar-refractivity contribution >= 4 is 35.3 Å². The van der Waals surface area contributed by atoms with E-state index in [-0.39, 0.29) is 0 Å². The van der Waals surface area contributed by atoms with Gasteiger partial charge in [0.2, 0.25) is 0 Å². The van der Waals surface area contributed by atoms with Gasteiger partial charge >= 0.3 is 12.1 Å². The van der Waals surface area contributed by atoms with Crippen molar-refractivity contribution in [2.75, 3.05) is 25.6 Å². The van der Waals surface area contributed by atoms with E-state index in [9.17, 15) is 14.4 Å². The maximum absolute atomic E-state index is 12.3. The molecular formula is C19H25ClN2O6. The fraction of sp³-hybridized carbons (Fsp3) is 0.526. The van der Waals surface area contributed by atoms with Gasteiger partial charge in [-0.15, -0.1) is 0 Å². The highest BCUT2D eigenvalue weighted by molar-refractivity contribution is 6.32. The zero-order chi connectivity index (χ0) is 20.9. The lowest BCUT2D eigenvalue weighted by Gasteiger charge is -2.27. The second-order valence-corrected chi connectivity index (χ2v) is 7.74. The zero-order valence-corrected chi connectivity index (χ0v) is 17.2. The standard InChI is InChI=1S/C19H25ClN2O6/c1-19(2,3)28-18(25)22-9-5-6-14(22)17(24)27-11-16(23)21-12-7-8-15(26-4)13(20)10-12/h7-8,10,14H,5-6,9,11H2,1-4H3,(H,21,23). The van der Waals surface area contributed by atoms with Crippen LogP contribution in [0.2, 0.25) is 5.02 Å². The highest BCUT2D eigenvalue weighted by Crippen LogP contribution is 2.27. The number of nitrogens with one attached hydrogen (secondary N) is 1. The topological polar surface area (TPSA) is 94.2 Å². The molecule has 2 amide bonds. The Labute approximate surface area is 169 Å². The first-order valence-corrected chi connectivity index (χ1v) is 9.28. The molecule has 0 aromatic heterocycles. The Bertz CT molecular complexity index is 746. The second kappa shape index (κ2) is 9.14. The van der Waals surface area contributed by atoms with Gasteiger partial charge in [-0.3, -0.25) is 9.69 Å². The molecule has 1 fully saturated rings. The fourth-order valence-corrected chi connectivity index (χ4v) is 2.98. The minimum atomic E-state index is -0.752. The molecule has 0 radical (unpaired) electrons. The van der Waals surface area contributed by atoms with E-state index < -0.39 is 36.2 Å². The number of hydrogen-bond acceptors (Lipinski definition) is 6. The van der Waals surface area contributed by atoms with Crippen molar-refractivity contribution in [3.63, 3.8) is 0 Å². The number of hydrogen-bond donors (Lipinski definition) is 1. The predicted molar refractivity (Wildman–Crippen MR) is 104 cm³/mol. The number of amides is 2. The molecule has 28 heavy (non-hydrogen) atoms. The molecule has 1 aliphatic rings. The van der Waals surface area contributed by atoms with E-state index in [4.69, 9.17) is 25.8 Å². The van der Waals surface area contributed by atoms with Crippen LogP contribution in [0.1, 0.15) is 33.6 Å². The smallest absolute Gasteiger partial charge is 0.411 e. The number of likely N-dealkylation sites (tertiary alicyclic amines) is 1. The van der Waals surface area contributed by atoms with Crippen LogP contribution in [-0.4, -0.2) is 54.8 Å². The molecule has 0 saturated carbocycles. The molecule has 1 aromatic carbocycles. The first-order valence-electron chi connectivity index (χ1n) is 8.90. The summed E-state index contributed by atoms with van der Waals surface area (Å²) < 4.78 is 15.4. The van der Waals surface area contributed by atoms with Crippen LogP contribution >= 0.6 is 11.6 Å². The lowest BCUT2D eigenvalue weighted by molar-refractivity contribution is -0.151. The second-order valence-electron chi connectivity index (χ2n) is 7.34. The molecule has 2 rings (SSSR count). The van der Waals surface area contributed by atoms with Gasteiger partial charge in [0, 0.05) is 12.2 Å². The summed E-state index contributed by atoms with van der Waals surface area (Å²) in [6, 6.07) is 4.01. The average Bonchev–Trinajstić information content (AvgIpc) is 3.08. The third-order valence-corrected chi connectivity index (χ3v) is 4.23. The average molecular weight is 413 g/mol. The van der Waals surface area contributed by atoms with Gasteiger partial charge in [-0.25, -0.2) is 9.59 Å². The van der Waals surface area contributed by atoms with E-state index in [1.807, 2.05) is 0 Å². The van der Waals surface area contributed by atoms with E-state index in [0.717, 1.165) is 0 Å². The van der Waals surface area contributed by atoms with Crippen molar-refractivity contribution in [1.29, 1.82) is 0 Å². The van der Waals surface area contributed by atoms with Gasteiger partial charge in [0.05, 0.1) is 12.1 Å². The van der Waals surface area contributed by atoms with Crippen molar-refractivity contribution < 1.29 is 28.6 Å². The quantitative estimate of drug-likeness (QED) is 0.746. The molecule has 1 aliphatic heterocycles. The van der Waals surface area contributed by atoms with Gasteiger partial charge in [0.25, 0.3) is 5.91 Å². The summed E-state index contributed by atoms with van der Waals surface area (Å²) in [4.78, 5) is 37.9. The van der Waals surface area contributed by atoms with Crippen LogP contribution in [0, 0.1) is 0 Å². The SMILES string of the molecule is COc1ccc(NC(=O)COC(=O)C2CCCN2C(=O)OC(C)(C)C)cc1Cl. The van der Waals surface area contributed by atoms with E-state index in [1.165, 1.54) is 18.1 Å². The van der Waals surface area contributed by atoms with E-state index >= 15 is 0 Å². The molecule has 9 heteroatoms. The van der Waals surface area contributed by atoms with Gasteiger partial charge in [-0.2, -0.15) is 0 Å². The molecule has 0 aliphatic carbocycles. The highest BCUT2D eigenvalue weighted by atomic mass is 35.5. The third kappa shape index (κ3) is 6.02. The van der Waals surface area contributed by atoms with Crippen LogP contribution in [0.15, 0.2) is 18.2 Å². The Morgan fingerprint density at radius 3 is 2.61 bits per heavy atom. The van der Waals surface area contributed by atoms with Crippen LogP contribution in [0.25, 0.3) is 0 Å². The number of nitrogens with zero attached hydrogens (tertiary/aromatic N) is 1. The summed E-state index contributed by atoms with van der Waals surface area (Å²) in [6.07, 6.45) is 0.563. The third-order valence-electron chi connectivity index (χ3n) is 3.93. The molecule has 154 valence electrons. The van der Waals surface area contributed by atoms with Crippen molar-refractivity contribution in [3.8, 4) is 5.75 Å². The molecule has 1 unspecified atom stereocenters. The number of anilines is 1. The van der Waals surface area contributed by atoms with Gasteiger partial charge < -0.3 is 19.5 Å². The Hall–Kier alpha value is -2.48. The Morgan fingerprint density at radius 2 is 2.00 bits per heavy atom. The van der Waals surface area contributed by atoms with Gasteiger partial charge in [0.15, 0.2) is 6.61 Å². The highest BCUT2D eigenvalue weighted by Gasteiger charge is 2.37. The van der Waals surface area contributed by atoms with Gasteiger partial charge in [0.1, 0.15) is 17.4 Å². The molecule has 1 atom stereocenters. The van der Waals surface area contributed by atoms with Crippen molar-refractivity contribution in [2.45, 2.75) is 45.3 Å². The first-order chi connectivity index (χ1) is 13.1. The molecule has 0 bridgehead atoms. The van der Waals surface area contributed by atoms with Crippen molar-refractivity contribution in [1.82, 2.24) is 4.90 Å². The number of halogens is 1. The van der Waals surface area contributed by atoms with Crippen molar-refractivity contribution in [2.24, 2.45) is 0 Å². The fourth-order valence-electron chi connectivity index (χ4n) is 2.72. The minimum absolute atomic E-state index is 0.344. The molecule has 8 nitrogen and oxygen atoms in total. The van der Waals surface area contributed by atoms with Crippen LogP contribution in [-0.2, 0) is 19.1 Å². The molecule has 1 aromatic rings. The molecule has 1 heterocycles. The summed E-state index contributed by atoms with van der Waals surface area (Å²) in [5, 5.41) is 2.93. The Balaban J connectivity index is 1.87. The largest absolute Gasteiger partial charge is 0.495 e. The lowest BCUT2D eigenvalue weighted by atomic mass is 10.2. The number of esters is 1. The number of carbonyl (C=O) groups is 3. The molecule has 0 spiro atoms.